The van der Waals surface area contributed by atoms with E-state index in [2.05, 4.69) is 246 Å². The van der Waals surface area contributed by atoms with Crippen LogP contribution in [0, 0.1) is 0 Å². The van der Waals surface area contributed by atoms with Gasteiger partial charge in [0.1, 0.15) is 0 Å². The van der Waals surface area contributed by atoms with E-state index < -0.39 is 0 Å². The summed E-state index contributed by atoms with van der Waals surface area (Å²) in [5.74, 6) is 0. The lowest BCUT2D eigenvalue weighted by Crippen LogP contribution is -2.22. The Morgan fingerprint density at radius 1 is 0.302 bits per heavy atom. The Bertz CT molecular complexity index is 3310. The highest BCUT2D eigenvalue weighted by molar-refractivity contribution is 6.01. The number of para-hydroxylation sites is 2. The van der Waals surface area contributed by atoms with Crippen molar-refractivity contribution >= 4 is 17.1 Å². The van der Waals surface area contributed by atoms with Gasteiger partial charge in [-0.25, -0.2) is 0 Å². The standard InChI is InChI=1S/C62H49N/c1-60(2)51-28-14-9-24-45(51)50-39-42(35-37-53(50)60)63(58-33-18-13-25-47(58)48-27-19-31-55-59(48)49-26-11-15-29-52(49)61(55,3)4)57-32-17-12-22-43(57)40-34-36-46-44-23-10-16-30-54(44)62(5,56(46)38-40)41-20-7-6-8-21-41/h6-39H,1-5H3. The van der Waals surface area contributed by atoms with Crippen LogP contribution in [0.15, 0.2) is 206 Å². The van der Waals surface area contributed by atoms with Crippen LogP contribution in [0.25, 0.3) is 55.6 Å². The van der Waals surface area contributed by atoms with E-state index in [1.165, 1.54) is 94.6 Å². The number of hydrogen-bond donors (Lipinski definition) is 0. The smallest absolute Gasteiger partial charge is 0.0540 e. The number of fused-ring (bicyclic) bond motifs is 9. The van der Waals surface area contributed by atoms with Gasteiger partial charge in [-0.15, -0.1) is 0 Å². The number of rotatable bonds is 6. The molecule has 1 nitrogen and oxygen atoms in total. The van der Waals surface area contributed by atoms with Gasteiger partial charge in [0.05, 0.1) is 11.4 Å². The molecule has 0 bridgehead atoms. The third-order valence-electron chi connectivity index (χ3n) is 15.0. The lowest BCUT2D eigenvalue weighted by molar-refractivity contribution is 0.660. The first-order chi connectivity index (χ1) is 30.7. The number of hydrogen-bond acceptors (Lipinski definition) is 1. The number of anilines is 3. The molecule has 0 N–H and O–H groups in total. The van der Waals surface area contributed by atoms with E-state index in [1.807, 2.05) is 0 Å². The molecule has 63 heavy (non-hydrogen) atoms. The summed E-state index contributed by atoms with van der Waals surface area (Å²) in [6.45, 7) is 11.9. The Kier molecular flexibility index (Phi) is 8.13. The zero-order chi connectivity index (χ0) is 42.7. The van der Waals surface area contributed by atoms with Crippen molar-refractivity contribution in [2.75, 3.05) is 4.90 Å². The third kappa shape index (κ3) is 5.29. The lowest BCUT2D eigenvalue weighted by atomic mass is 9.74. The van der Waals surface area contributed by atoms with Gasteiger partial charge in [0.25, 0.3) is 0 Å². The second kappa shape index (κ2) is 13.6. The SMILES string of the molecule is CC1(C)c2ccccc2-c2cc(N(c3ccccc3-c3ccc4c(c3)C(C)(c3ccccc3)c3ccccc3-4)c3ccccc3-c3cccc4c3-c3ccccc3C4(C)C)ccc21. The molecule has 302 valence electrons. The molecule has 1 heteroatoms. The minimum atomic E-state index is -0.303. The Hall–Kier alpha value is -7.22. The minimum absolute atomic E-state index is 0.0940. The Labute approximate surface area is 372 Å². The maximum atomic E-state index is 2.54. The van der Waals surface area contributed by atoms with Crippen LogP contribution in [0.2, 0.25) is 0 Å². The van der Waals surface area contributed by atoms with Gasteiger partial charge in [-0.2, -0.15) is 0 Å². The van der Waals surface area contributed by atoms with Crippen molar-refractivity contribution in [3.63, 3.8) is 0 Å². The predicted molar refractivity (Wildman–Crippen MR) is 265 cm³/mol. The molecule has 0 radical (unpaired) electrons. The molecule has 1 unspecified atom stereocenters. The van der Waals surface area contributed by atoms with E-state index in [-0.39, 0.29) is 16.2 Å². The van der Waals surface area contributed by atoms with E-state index in [4.69, 9.17) is 0 Å². The van der Waals surface area contributed by atoms with Crippen molar-refractivity contribution in [1.29, 1.82) is 0 Å². The highest BCUT2D eigenvalue weighted by atomic mass is 15.1. The first-order valence-electron chi connectivity index (χ1n) is 22.4. The van der Waals surface area contributed by atoms with Crippen LogP contribution in [0.1, 0.15) is 73.6 Å². The molecule has 1 atom stereocenters. The maximum absolute atomic E-state index is 2.54. The molecule has 9 aromatic rings. The summed E-state index contributed by atoms with van der Waals surface area (Å²) in [6, 6.07) is 77.5. The highest BCUT2D eigenvalue weighted by Crippen LogP contribution is 2.57. The lowest BCUT2D eigenvalue weighted by Gasteiger charge is -2.32. The van der Waals surface area contributed by atoms with Crippen molar-refractivity contribution in [2.24, 2.45) is 0 Å². The maximum Gasteiger partial charge on any atom is 0.0540 e. The van der Waals surface area contributed by atoms with Crippen molar-refractivity contribution < 1.29 is 0 Å². The molecule has 0 saturated heterocycles. The van der Waals surface area contributed by atoms with E-state index in [0.29, 0.717) is 0 Å². The molecule has 0 fully saturated rings. The third-order valence-corrected chi connectivity index (χ3v) is 15.0. The second-order valence-electron chi connectivity index (χ2n) is 19.0. The topological polar surface area (TPSA) is 3.24 Å². The molecule has 0 aliphatic heterocycles. The Morgan fingerprint density at radius 3 is 1.52 bits per heavy atom. The largest absolute Gasteiger partial charge is 0.309 e. The molecule has 3 aliphatic rings. The fourth-order valence-corrected chi connectivity index (χ4v) is 11.8. The summed E-state index contributed by atoms with van der Waals surface area (Å²) in [5.41, 5.74) is 25.2. The molecule has 0 aromatic heterocycles. The van der Waals surface area contributed by atoms with E-state index in [9.17, 15) is 0 Å². The van der Waals surface area contributed by atoms with E-state index in [0.717, 1.165) is 17.1 Å². The average Bonchev–Trinajstić information content (AvgIpc) is 3.83. The number of benzene rings is 9. The van der Waals surface area contributed by atoms with Gasteiger partial charge in [0.2, 0.25) is 0 Å². The van der Waals surface area contributed by atoms with Crippen molar-refractivity contribution in [2.45, 2.75) is 50.9 Å². The van der Waals surface area contributed by atoms with Gasteiger partial charge in [-0.3, -0.25) is 0 Å². The fourth-order valence-electron chi connectivity index (χ4n) is 11.8. The molecule has 0 spiro atoms. The van der Waals surface area contributed by atoms with Gasteiger partial charge in [-0.1, -0.05) is 204 Å². The molecule has 3 aliphatic carbocycles. The van der Waals surface area contributed by atoms with Crippen LogP contribution in [-0.2, 0) is 16.2 Å². The molecule has 0 amide bonds. The fraction of sp³-hybridized carbons (Fsp3) is 0.129. The molecule has 0 heterocycles. The zero-order valence-corrected chi connectivity index (χ0v) is 36.6. The normalized spacial score (nSPS) is 16.7. The highest BCUT2D eigenvalue weighted by Gasteiger charge is 2.42. The van der Waals surface area contributed by atoms with Crippen LogP contribution in [0.3, 0.4) is 0 Å². The van der Waals surface area contributed by atoms with E-state index in [1.54, 1.807) is 0 Å². The molecular weight excluding hydrogens is 759 g/mol. The minimum Gasteiger partial charge on any atom is -0.309 e. The first-order valence-corrected chi connectivity index (χ1v) is 22.4. The summed E-state index contributed by atoms with van der Waals surface area (Å²) < 4.78 is 0. The van der Waals surface area contributed by atoms with Crippen LogP contribution in [0.5, 0.6) is 0 Å². The monoisotopic (exact) mass is 807 g/mol. The second-order valence-corrected chi connectivity index (χ2v) is 19.0. The van der Waals surface area contributed by atoms with Gasteiger partial charge in [0.15, 0.2) is 0 Å². The summed E-state index contributed by atoms with van der Waals surface area (Å²) in [7, 11) is 0. The molecule has 0 saturated carbocycles. The van der Waals surface area contributed by atoms with E-state index >= 15 is 0 Å². The summed E-state index contributed by atoms with van der Waals surface area (Å²) in [5, 5.41) is 0. The van der Waals surface area contributed by atoms with Crippen LogP contribution >= 0.6 is 0 Å². The van der Waals surface area contributed by atoms with Crippen LogP contribution < -0.4 is 4.90 Å². The predicted octanol–water partition coefficient (Wildman–Crippen LogP) is 16.4. The zero-order valence-electron chi connectivity index (χ0n) is 36.6. The van der Waals surface area contributed by atoms with Crippen molar-refractivity contribution in [3.8, 4) is 55.6 Å². The van der Waals surface area contributed by atoms with Gasteiger partial charge < -0.3 is 4.90 Å². The quantitative estimate of drug-likeness (QED) is 0.162. The van der Waals surface area contributed by atoms with Crippen LogP contribution in [-0.4, -0.2) is 0 Å². The summed E-state index contributed by atoms with van der Waals surface area (Å²) in [4.78, 5) is 2.54. The van der Waals surface area contributed by atoms with Gasteiger partial charge in [0, 0.05) is 33.1 Å². The summed E-state index contributed by atoms with van der Waals surface area (Å²) >= 11 is 0. The first kappa shape index (κ1) is 37.5. The molecular formula is C62H49N. The molecule has 9 aromatic carbocycles. The van der Waals surface area contributed by atoms with Gasteiger partial charge >= 0.3 is 0 Å². The van der Waals surface area contributed by atoms with Crippen molar-refractivity contribution in [1.82, 2.24) is 0 Å². The average molecular weight is 808 g/mol. The Balaban J connectivity index is 1.11. The van der Waals surface area contributed by atoms with Crippen molar-refractivity contribution in [3.05, 3.63) is 245 Å². The molecule has 12 rings (SSSR count). The summed E-state index contributed by atoms with van der Waals surface area (Å²) in [6.07, 6.45) is 0. The van der Waals surface area contributed by atoms with Crippen LogP contribution in [0.4, 0.5) is 17.1 Å². The number of nitrogens with zero attached hydrogens (tertiary/aromatic N) is 1. The van der Waals surface area contributed by atoms with Gasteiger partial charge in [-0.05, 0) is 121 Å². The Morgan fingerprint density at radius 2 is 0.794 bits per heavy atom.